The molecule has 0 aliphatic heterocycles. The van der Waals surface area contributed by atoms with Gasteiger partial charge in [0.15, 0.2) is 0 Å². The van der Waals surface area contributed by atoms with Gasteiger partial charge in [-0.1, -0.05) is 42.5 Å². The van der Waals surface area contributed by atoms with Gasteiger partial charge in [-0.05, 0) is 29.8 Å². The van der Waals surface area contributed by atoms with E-state index in [1.807, 2.05) is 36.4 Å². The Morgan fingerprint density at radius 1 is 0.917 bits per heavy atom. The van der Waals surface area contributed by atoms with E-state index in [2.05, 4.69) is 23.2 Å². The van der Waals surface area contributed by atoms with Gasteiger partial charge in [-0.15, -0.1) is 0 Å². The lowest BCUT2D eigenvalue weighted by molar-refractivity contribution is 0.1000. The van der Waals surface area contributed by atoms with Crippen LogP contribution < -0.4 is 10.5 Å². The Balaban J connectivity index is 1.63. The molecule has 0 spiro atoms. The number of nitrogens with one attached hydrogen (secondary N) is 1. The Labute approximate surface area is 138 Å². The molecule has 1 aromatic heterocycles. The van der Waals surface area contributed by atoms with Gasteiger partial charge in [0.1, 0.15) is 12.4 Å². The van der Waals surface area contributed by atoms with Crippen molar-refractivity contribution in [2.24, 2.45) is 5.73 Å². The predicted octanol–water partition coefficient (Wildman–Crippen LogP) is 4.00. The Hall–Kier alpha value is -3.27. The summed E-state index contributed by atoms with van der Waals surface area (Å²) >= 11 is 0. The minimum atomic E-state index is -0.426. The summed E-state index contributed by atoms with van der Waals surface area (Å²) in [5.41, 5.74) is 8.82. The second-order valence-corrected chi connectivity index (χ2v) is 5.70. The molecule has 0 saturated heterocycles. The number of nitrogens with two attached hydrogens (primary N) is 1. The van der Waals surface area contributed by atoms with E-state index in [1.54, 1.807) is 12.1 Å². The second kappa shape index (κ2) is 5.74. The van der Waals surface area contributed by atoms with Crippen LogP contribution in [-0.4, -0.2) is 10.9 Å². The Morgan fingerprint density at radius 3 is 2.46 bits per heavy atom. The van der Waals surface area contributed by atoms with Gasteiger partial charge in [-0.2, -0.15) is 0 Å². The van der Waals surface area contributed by atoms with Crippen molar-refractivity contribution in [1.29, 1.82) is 0 Å². The molecule has 0 atom stereocenters. The first kappa shape index (κ1) is 14.3. The van der Waals surface area contributed by atoms with Crippen LogP contribution in [-0.2, 0) is 6.61 Å². The normalized spacial score (nSPS) is 11.0. The Bertz CT molecular complexity index is 1030. The van der Waals surface area contributed by atoms with Crippen molar-refractivity contribution in [1.82, 2.24) is 4.98 Å². The predicted molar refractivity (Wildman–Crippen MR) is 95.1 cm³/mol. The number of aromatic nitrogens is 1. The van der Waals surface area contributed by atoms with Crippen LogP contribution in [0.4, 0.5) is 0 Å². The van der Waals surface area contributed by atoms with Gasteiger partial charge < -0.3 is 15.5 Å². The summed E-state index contributed by atoms with van der Waals surface area (Å²) in [6, 6.07) is 21.4. The molecule has 1 amide bonds. The topological polar surface area (TPSA) is 68.1 Å². The van der Waals surface area contributed by atoms with E-state index in [-0.39, 0.29) is 0 Å². The van der Waals surface area contributed by atoms with Crippen molar-refractivity contribution in [3.63, 3.8) is 0 Å². The fourth-order valence-corrected chi connectivity index (χ4v) is 2.89. The highest BCUT2D eigenvalue weighted by Gasteiger charge is 2.08. The lowest BCUT2D eigenvalue weighted by Gasteiger charge is -2.08. The van der Waals surface area contributed by atoms with Gasteiger partial charge in [0.05, 0.1) is 5.52 Å². The van der Waals surface area contributed by atoms with Gasteiger partial charge in [-0.25, -0.2) is 0 Å². The maximum Gasteiger partial charge on any atom is 0.248 e. The van der Waals surface area contributed by atoms with Crippen molar-refractivity contribution in [3.05, 3.63) is 77.9 Å². The molecule has 4 heteroatoms. The van der Waals surface area contributed by atoms with E-state index < -0.39 is 5.91 Å². The number of hydrogen-bond acceptors (Lipinski definition) is 2. The van der Waals surface area contributed by atoms with Crippen LogP contribution >= 0.6 is 0 Å². The van der Waals surface area contributed by atoms with Crippen LogP contribution in [0.3, 0.4) is 0 Å². The molecule has 4 nitrogen and oxygen atoms in total. The van der Waals surface area contributed by atoms with Crippen molar-refractivity contribution >= 4 is 27.7 Å². The highest BCUT2D eigenvalue weighted by atomic mass is 16.5. The number of benzene rings is 3. The number of primary amides is 1. The summed E-state index contributed by atoms with van der Waals surface area (Å²) in [7, 11) is 0. The largest absolute Gasteiger partial charge is 0.487 e. The van der Waals surface area contributed by atoms with Crippen molar-refractivity contribution < 1.29 is 9.53 Å². The summed E-state index contributed by atoms with van der Waals surface area (Å²) in [4.78, 5) is 14.5. The summed E-state index contributed by atoms with van der Waals surface area (Å²) in [6.07, 6.45) is 0. The molecular formula is C20H16N2O2. The molecule has 0 aliphatic carbocycles. The third-order valence-corrected chi connectivity index (χ3v) is 4.14. The summed E-state index contributed by atoms with van der Waals surface area (Å²) in [5, 5.41) is 2.33. The molecule has 4 aromatic rings. The molecule has 0 radical (unpaired) electrons. The monoisotopic (exact) mass is 316 g/mol. The van der Waals surface area contributed by atoms with Crippen LogP contribution in [0, 0.1) is 0 Å². The van der Waals surface area contributed by atoms with E-state index in [4.69, 9.17) is 10.5 Å². The number of H-pyrrole nitrogens is 1. The molecule has 0 fully saturated rings. The molecule has 0 saturated carbocycles. The maximum absolute atomic E-state index is 11.1. The fourth-order valence-electron chi connectivity index (χ4n) is 2.89. The summed E-state index contributed by atoms with van der Waals surface area (Å²) < 4.78 is 5.99. The van der Waals surface area contributed by atoms with Crippen LogP contribution in [0.5, 0.6) is 5.75 Å². The van der Waals surface area contributed by atoms with Crippen LogP contribution in [0.25, 0.3) is 21.8 Å². The van der Waals surface area contributed by atoms with Crippen LogP contribution in [0.15, 0.2) is 66.7 Å². The molecule has 0 bridgehead atoms. The highest BCUT2D eigenvalue weighted by Crippen LogP contribution is 2.31. The first-order valence-electron chi connectivity index (χ1n) is 7.73. The van der Waals surface area contributed by atoms with Crippen molar-refractivity contribution in [2.75, 3.05) is 0 Å². The van der Waals surface area contributed by atoms with E-state index in [0.29, 0.717) is 12.2 Å². The van der Waals surface area contributed by atoms with Crippen LogP contribution in [0.1, 0.15) is 15.9 Å². The lowest BCUT2D eigenvalue weighted by Crippen LogP contribution is -2.10. The van der Waals surface area contributed by atoms with Crippen molar-refractivity contribution in [2.45, 2.75) is 6.61 Å². The molecule has 0 unspecified atom stereocenters. The Morgan fingerprint density at radius 2 is 1.67 bits per heavy atom. The second-order valence-electron chi connectivity index (χ2n) is 5.70. The van der Waals surface area contributed by atoms with Crippen LogP contribution in [0.2, 0.25) is 0 Å². The average molecular weight is 316 g/mol. The van der Waals surface area contributed by atoms with E-state index in [9.17, 15) is 4.79 Å². The summed E-state index contributed by atoms with van der Waals surface area (Å²) in [5.74, 6) is 0.382. The SMILES string of the molecule is NC(=O)c1ccc(COc2cccc3c2[nH]c2ccccc23)cc1. The molecule has 3 N–H and O–H groups in total. The number of carbonyl (C=O) groups excluding carboxylic acids is 1. The average Bonchev–Trinajstić information content (AvgIpc) is 2.99. The quantitative estimate of drug-likeness (QED) is 0.597. The van der Waals surface area contributed by atoms with Gasteiger partial charge in [0, 0.05) is 21.9 Å². The number of ether oxygens (including phenoxy) is 1. The minimum absolute atomic E-state index is 0.424. The zero-order valence-electron chi connectivity index (χ0n) is 13.0. The zero-order chi connectivity index (χ0) is 16.5. The molecule has 3 aromatic carbocycles. The molecule has 0 aliphatic rings. The number of amides is 1. The number of rotatable bonds is 4. The van der Waals surface area contributed by atoms with E-state index >= 15 is 0 Å². The van der Waals surface area contributed by atoms with Crippen molar-refractivity contribution in [3.8, 4) is 5.75 Å². The number of aromatic amines is 1. The molecule has 118 valence electrons. The van der Waals surface area contributed by atoms with Gasteiger partial charge in [-0.3, -0.25) is 4.79 Å². The highest BCUT2D eigenvalue weighted by molar-refractivity contribution is 6.09. The minimum Gasteiger partial charge on any atom is -0.487 e. The van der Waals surface area contributed by atoms with E-state index in [0.717, 1.165) is 27.7 Å². The number of fused-ring (bicyclic) bond motifs is 3. The number of hydrogen-bond donors (Lipinski definition) is 2. The summed E-state index contributed by atoms with van der Waals surface area (Å²) in [6.45, 7) is 0.424. The number of para-hydroxylation sites is 2. The maximum atomic E-state index is 11.1. The number of carbonyl (C=O) groups is 1. The standard InChI is InChI=1S/C20H16N2O2/c21-20(23)14-10-8-13(9-11-14)12-24-18-7-3-5-16-15-4-1-2-6-17(15)22-19(16)18/h1-11,22H,12H2,(H2,21,23). The van der Waals surface area contributed by atoms with E-state index in [1.165, 1.54) is 5.39 Å². The van der Waals surface area contributed by atoms with Gasteiger partial charge in [0.2, 0.25) is 5.91 Å². The Kier molecular flexibility index (Phi) is 3.43. The molecule has 24 heavy (non-hydrogen) atoms. The van der Waals surface area contributed by atoms with Gasteiger partial charge >= 0.3 is 0 Å². The first-order valence-corrected chi connectivity index (χ1v) is 7.73. The van der Waals surface area contributed by atoms with Gasteiger partial charge in [0.25, 0.3) is 0 Å². The fraction of sp³-hybridized carbons (Fsp3) is 0.0500. The zero-order valence-corrected chi connectivity index (χ0v) is 13.0. The third-order valence-electron chi connectivity index (χ3n) is 4.14. The third kappa shape index (κ3) is 2.48. The first-order chi connectivity index (χ1) is 11.7. The molecular weight excluding hydrogens is 300 g/mol. The lowest BCUT2D eigenvalue weighted by atomic mass is 10.1. The smallest absolute Gasteiger partial charge is 0.248 e. The molecule has 4 rings (SSSR count). The molecule has 1 heterocycles.